The van der Waals surface area contributed by atoms with Crippen molar-refractivity contribution in [1.29, 1.82) is 0 Å². The molecule has 0 unspecified atom stereocenters. The minimum atomic E-state index is -0.998. The summed E-state index contributed by atoms with van der Waals surface area (Å²) in [5, 5.41) is 16.4. The molecular formula is C26H32F2N4O4. The Hall–Kier alpha value is -3.53. The molecule has 1 atom stereocenters. The molecule has 2 amide bonds. The van der Waals surface area contributed by atoms with Gasteiger partial charge in [0.2, 0.25) is 5.43 Å². The van der Waals surface area contributed by atoms with E-state index in [-0.39, 0.29) is 35.8 Å². The lowest BCUT2D eigenvalue weighted by Gasteiger charge is -2.34. The molecule has 1 aliphatic heterocycles. The highest BCUT2D eigenvalue weighted by molar-refractivity contribution is 5.99. The fraction of sp³-hybridized carbons (Fsp3) is 0.423. The van der Waals surface area contributed by atoms with E-state index in [0.717, 1.165) is 12.6 Å². The Bertz CT molecular complexity index is 1240. The summed E-state index contributed by atoms with van der Waals surface area (Å²) in [5.74, 6) is -3.17. The number of benzene rings is 1. The number of aromatic hydroxyl groups is 1. The number of nitrogens with zero attached hydrogens (tertiary/aromatic N) is 2. The van der Waals surface area contributed by atoms with Crippen molar-refractivity contribution in [3.63, 3.8) is 0 Å². The summed E-state index contributed by atoms with van der Waals surface area (Å²) in [7, 11) is 0. The van der Waals surface area contributed by atoms with Crippen LogP contribution < -0.4 is 16.1 Å². The van der Waals surface area contributed by atoms with Crippen LogP contribution in [0.25, 0.3) is 0 Å². The third-order valence-electron chi connectivity index (χ3n) is 5.95. The largest absolute Gasteiger partial charge is 0.503 e. The number of fused-ring (bicyclic) bond motifs is 1. The molecule has 1 aromatic carbocycles. The molecule has 3 N–H and O–H groups in total. The average Bonchev–Trinajstić information content (AvgIpc) is 2.81. The summed E-state index contributed by atoms with van der Waals surface area (Å²) in [6.45, 7) is 9.84. The number of nitrogens with one attached hydrogen (secondary N) is 2. The van der Waals surface area contributed by atoms with E-state index in [1.165, 1.54) is 16.8 Å². The van der Waals surface area contributed by atoms with Gasteiger partial charge < -0.3 is 25.2 Å². The number of hydrogen-bond donors (Lipinski definition) is 3. The van der Waals surface area contributed by atoms with Crippen LogP contribution in [0.3, 0.4) is 0 Å². The van der Waals surface area contributed by atoms with Crippen LogP contribution in [0.5, 0.6) is 5.75 Å². The second-order valence-corrected chi connectivity index (χ2v) is 9.47. The molecular weight excluding hydrogens is 470 g/mol. The SMILES string of the molecule is C/C=C1\Cn2cc(C(=O)NCc3ccc(F)cc3F)c(=O)c(O)c2C(=O)N1C[C@H](C)CNCC(C)C. The summed E-state index contributed by atoms with van der Waals surface area (Å²) in [4.78, 5) is 40.3. The van der Waals surface area contributed by atoms with Crippen LogP contribution in [0.2, 0.25) is 0 Å². The molecule has 0 spiro atoms. The molecule has 0 aliphatic carbocycles. The average molecular weight is 503 g/mol. The summed E-state index contributed by atoms with van der Waals surface area (Å²) in [6, 6.07) is 2.94. The van der Waals surface area contributed by atoms with Gasteiger partial charge in [0.15, 0.2) is 11.4 Å². The van der Waals surface area contributed by atoms with Gasteiger partial charge in [-0.1, -0.05) is 32.9 Å². The number of amides is 2. The highest BCUT2D eigenvalue weighted by Crippen LogP contribution is 2.26. The van der Waals surface area contributed by atoms with Crippen molar-refractivity contribution in [3.8, 4) is 5.75 Å². The van der Waals surface area contributed by atoms with Crippen LogP contribution in [0, 0.1) is 23.5 Å². The van der Waals surface area contributed by atoms with E-state index >= 15 is 0 Å². The first kappa shape index (κ1) is 27.1. The molecule has 10 heteroatoms. The minimum Gasteiger partial charge on any atom is -0.503 e. The normalized spacial score (nSPS) is 15.4. The molecule has 8 nitrogen and oxygen atoms in total. The fourth-order valence-corrected chi connectivity index (χ4v) is 4.06. The van der Waals surface area contributed by atoms with Crippen LogP contribution in [0.4, 0.5) is 8.78 Å². The second-order valence-electron chi connectivity index (χ2n) is 9.47. The zero-order chi connectivity index (χ0) is 26.6. The number of allylic oxidation sites excluding steroid dienone is 2. The van der Waals surface area contributed by atoms with Crippen molar-refractivity contribution in [2.24, 2.45) is 11.8 Å². The second kappa shape index (κ2) is 11.5. The van der Waals surface area contributed by atoms with Gasteiger partial charge in [0, 0.05) is 36.6 Å². The van der Waals surface area contributed by atoms with E-state index in [2.05, 4.69) is 24.5 Å². The Morgan fingerprint density at radius 2 is 1.92 bits per heavy atom. The third kappa shape index (κ3) is 5.99. The highest BCUT2D eigenvalue weighted by Gasteiger charge is 2.33. The molecule has 36 heavy (non-hydrogen) atoms. The smallest absolute Gasteiger partial charge is 0.278 e. The van der Waals surface area contributed by atoms with Gasteiger partial charge in [-0.3, -0.25) is 14.4 Å². The zero-order valence-electron chi connectivity index (χ0n) is 20.9. The van der Waals surface area contributed by atoms with Crippen molar-refractivity contribution in [2.75, 3.05) is 19.6 Å². The number of carbonyl (C=O) groups is 2. The molecule has 0 radical (unpaired) electrons. The Morgan fingerprint density at radius 1 is 1.19 bits per heavy atom. The Morgan fingerprint density at radius 3 is 2.56 bits per heavy atom. The molecule has 0 saturated carbocycles. The van der Waals surface area contributed by atoms with Crippen molar-refractivity contribution in [3.05, 3.63) is 74.8 Å². The van der Waals surface area contributed by atoms with E-state index in [1.807, 2.05) is 6.92 Å². The molecule has 1 aromatic heterocycles. The summed E-state index contributed by atoms with van der Waals surface area (Å²) in [5.41, 5.74) is -0.866. The summed E-state index contributed by atoms with van der Waals surface area (Å²) < 4.78 is 28.4. The Labute approximate surface area is 208 Å². The monoisotopic (exact) mass is 502 g/mol. The van der Waals surface area contributed by atoms with Gasteiger partial charge >= 0.3 is 0 Å². The van der Waals surface area contributed by atoms with Crippen LogP contribution in [0.1, 0.15) is 54.1 Å². The number of aromatic nitrogens is 1. The van der Waals surface area contributed by atoms with Crippen molar-refractivity contribution in [2.45, 2.75) is 40.8 Å². The Kier molecular flexibility index (Phi) is 8.62. The summed E-state index contributed by atoms with van der Waals surface area (Å²) in [6.07, 6.45) is 3.00. The molecule has 194 valence electrons. The van der Waals surface area contributed by atoms with Crippen LogP contribution >= 0.6 is 0 Å². The quantitative estimate of drug-likeness (QED) is 0.489. The molecule has 0 bridgehead atoms. The molecule has 0 fully saturated rings. The lowest BCUT2D eigenvalue weighted by atomic mass is 10.1. The van der Waals surface area contributed by atoms with Gasteiger partial charge in [0.05, 0.1) is 6.54 Å². The van der Waals surface area contributed by atoms with Gasteiger partial charge in [-0.05, 0) is 37.9 Å². The summed E-state index contributed by atoms with van der Waals surface area (Å²) >= 11 is 0. The highest BCUT2D eigenvalue weighted by atomic mass is 19.1. The number of carbonyl (C=O) groups excluding carboxylic acids is 2. The van der Waals surface area contributed by atoms with Crippen molar-refractivity contribution >= 4 is 11.8 Å². The van der Waals surface area contributed by atoms with E-state index in [1.54, 1.807) is 17.9 Å². The third-order valence-corrected chi connectivity index (χ3v) is 5.95. The molecule has 2 aromatic rings. The van der Waals surface area contributed by atoms with E-state index in [0.29, 0.717) is 30.8 Å². The fourth-order valence-electron chi connectivity index (χ4n) is 4.06. The molecule has 3 rings (SSSR count). The Balaban J connectivity index is 1.82. The molecule has 2 heterocycles. The lowest BCUT2D eigenvalue weighted by molar-refractivity contribution is 0.0735. The van der Waals surface area contributed by atoms with Crippen molar-refractivity contribution < 1.29 is 23.5 Å². The van der Waals surface area contributed by atoms with Gasteiger partial charge in [-0.2, -0.15) is 0 Å². The van der Waals surface area contributed by atoms with Gasteiger partial charge in [0.1, 0.15) is 17.2 Å². The van der Waals surface area contributed by atoms with Crippen LogP contribution in [-0.2, 0) is 13.1 Å². The first-order valence-corrected chi connectivity index (χ1v) is 11.9. The predicted molar refractivity (Wildman–Crippen MR) is 132 cm³/mol. The number of pyridine rings is 1. The number of halogens is 2. The number of rotatable bonds is 9. The molecule has 0 saturated heterocycles. The maximum atomic E-state index is 13.9. The van der Waals surface area contributed by atoms with Crippen molar-refractivity contribution in [1.82, 2.24) is 20.1 Å². The van der Waals surface area contributed by atoms with Gasteiger partial charge in [0.25, 0.3) is 11.8 Å². The number of hydrogen-bond acceptors (Lipinski definition) is 5. The first-order valence-electron chi connectivity index (χ1n) is 11.9. The van der Waals surface area contributed by atoms with Gasteiger partial charge in [-0.15, -0.1) is 0 Å². The zero-order valence-corrected chi connectivity index (χ0v) is 20.9. The van der Waals surface area contributed by atoms with E-state index < -0.39 is 34.6 Å². The maximum Gasteiger partial charge on any atom is 0.278 e. The first-order chi connectivity index (χ1) is 17.0. The topological polar surface area (TPSA) is 104 Å². The van der Waals surface area contributed by atoms with Crippen LogP contribution in [-0.4, -0.2) is 46.0 Å². The predicted octanol–water partition coefficient (Wildman–Crippen LogP) is 3.00. The minimum absolute atomic E-state index is 0.0334. The maximum absolute atomic E-state index is 13.9. The standard InChI is InChI=1S/C26H32F2N4O4/c1-5-19-13-31-14-20(25(35)30-11-17-6-7-18(27)8-21(17)28)23(33)24(34)22(31)26(36)32(19)12-16(4)10-29-9-15(2)3/h5-8,14-16,29,34H,9-13H2,1-4H3,(H,30,35)/b19-5+/t16-/m1/s1. The molecule has 1 aliphatic rings. The van der Waals surface area contributed by atoms with E-state index in [9.17, 15) is 28.3 Å². The van der Waals surface area contributed by atoms with E-state index in [4.69, 9.17) is 0 Å². The van der Waals surface area contributed by atoms with Gasteiger partial charge in [-0.25, -0.2) is 8.78 Å². The van der Waals surface area contributed by atoms with Crippen LogP contribution in [0.15, 0.2) is 41.0 Å². The lowest BCUT2D eigenvalue weighted by Crippen LogP contribution is -2.44.